The van der Waals surface area contributed by atoms with Gasteiger partial charge < -0.3 is 5.11 Å². The Morgan fingerprint density at radius 2 is 2.06 bits per heavy atom. The highest BCUT2D eigenvalue weighted by atomic mass is 19.4. The van der Waals surface area contributed by atoms with E-state index in [0.29, 0.717) is 12.0 Å². The van der Waals surface area contributed by atoms with Gasteiger partial charge in [0.15, 0.2) is 0 Å². The average Bonchev–Trinajstić information content (AvgIpc) is 2.24. The molecule has 0 heterocycles. The van der Waals surface area contributed by atoms with Crippen molar-refractivity contribution in [1.82, 2.24) is 0 Å². The van der Waals surface area contributed by atoms with Crippen molar-refractivity contribution in [3.8, 4) is 0 Å². The molecule has 0 amide bonds. The van der Waals surface area contributed by atoms with Crippen LogP contribution in [0.5, 0.6) is 0 Å². The quantitative estimate of drug-likeness (QED) is 0.884. The molecule has 0 bridgehead atoms. The summed E-state index contributed by atoms with van der Waals surface area (Å²) in [6.07, 6.45) is -3.87. The fraction of sp³-hybridized carbons (Fsp3) is 0.417. The lowest BCUT2D eigenvalue weighted by Crippen LogP contribution is -2.15. The summed E-state index contributed by atoms with van der Waals surface area (Å²) in [5.41, 5.74) is -0.343. The fourth-order valence-electron chi connectivity index (χ4n) is 1.57. The number of halogens is 3. The summed E-state index contributed by atoms with van der Waals surface area (Å²) in [4.78, 5) is 10.8. The number of carboxylic acids is 1. The maximum Gasteiger partial charge on any atom is 0.416 e. The van der Waals surface area contributed by atoms with Crippen molar-refractivity contribution in [2.24, 2.45) is 5.92 Å². The van der Waals surface area contributed by atoms with Crippen LogP contribution in [0.4, 0.5) is 13.2 Å². The lowest BCUT2D eigenvalue weighted by molar-refractivity contribution is -0.141. The first kappa shape index (κ1) is 13.5. The molecule has 1 aromatic rings. The van der Waals surface area contributed by atoms with E-state index >= 15 is 0 Å². The van der Waals surface area contributed by atoms with Crippen LogP contribution >= 0.6 is 0 Å². The van der Waals surface area contributed by atoms with E-state index in [9.17, 15) is 18.0 Å². The lowest BCUT2D eigenvalue weighted by Gasteiger charge is -2.12. The minimum Gasteiger partial charge on any atom is -0.481 e. The maximum absolute atomic E-state index is 12.4. The Balaban J connectivity index is 2.89. The molecule has 0 aliphatic heterocycles. The predicted octanol–water partition coefficient (Wildman–Crippen LogP) is 3.36. The molecule has 1 unspecified atom stereocenters. The van der Waals surface area contributed by atoms with Gasteiger partial charge in [0.2, 0.25) is 0 Å². The van der Waals surface area contributed by atoms with Crippen LogP contribution in [0.3, 0.4) is 0 Å². The standard InChI is InChI=1S/C12H13F3O2/c1-2-9(11(16)17)6-8-4-3-5-10(7-8)12(13,14)15/h3-5,7,9H,2,6H2,1H3,(H,16,17). The van der Waals surface area contributed by atoms with Crippen molar-refractivity contribution < 1.29 is 23.1 Å². The third-order valence-corrected chi connectivity index (χ3v) is 2.58. The minimum atomic E-state index is -4.39. The van der Waals surface area contributed by atoms with Crippen molar-refractivity contribution in [1.29, 1.82) is 0 Å². The summed E-state index contributed by atoms with van der Waals surface area (Å²) in [6, 6.07) is 4.80. The molecule has 0 saturated heterocycles. The zero-order valence-corrected chi connectivity index (χ0v) is 9.29. The molecule has 0 aromatic heterocycles. The average molecular weight is 246 g/mol. The Bertz CT molecular complexity index is 399. The van der Waals surface area contributed by atoms with Crippen LogP contribution in [-0.4, -0.2) is 11.1 Å². The van der Waals surface area contributed by atoms with E-state index in [2.05, 4.69) is 0 Å². The van der Waals surface area contributed by atoms with Gasteiger partial charge in [-0.3, -0.25) is 4.79 Å². The summed E-state index contributed by atoms with van der Waals surface area (Å²) in [6.45, 7) is 1.70. The molecule has 94 valence electrons. The van der Waals surface area contributed by atoms with Gasteiger partial charge in [-0.05, 0) is 24.5 Å². The Morgan fingerprint density at radius 3 is 2.53 bits per heavy atom. The van der Waals surface area contributed by atoms with E-state index in [1.807, 2.05) is 0 Å². The number of carbonyl (C=O) groups is 1. The normalized spacial score (nSPS) is 13.4. The molecule has 5 heteroatoms. The molecule has 1 atom stereocenters. The van der Waals surface area contributed by atoms with Crippen LogP contribution in [0.1, 0.15) is 24.5 Å². The second kappa shape index (κ2) is 5.21. The smallest absolute Gasteiger partial charge is 0.416 e. The fourth-order valence-corrected chi connectivity index (χ4v) is 1.57. The van der Waals surface area contributed by atoms with Crippen LogP contribution < -0.4 is 0 Å². The van der Waals surface area contributed by atoms with Crippen molar-refractivity contribution in [3.05, 3.63) is 35.4 Å². The van der Waals surface area contributed by atoms with Gasteiger partial charge in [0.05, 0.1) is 11.5 Å². The first-order chi connectivity index (χ1) is 7.84. The van der Waals surface area contributed by atoms with Gasteiger partial charge >= 0.3 is 12.1 Å². The Hall–Kier alpha value is -1.52. The van der Waals surface area contributed by atoms with Gasteiger partial charge in [-0.25, -0.2) is 0 Å². The summed E-state index contributed by atoms with van der Waals surface area (Å²) < 4.78 is 37.3. The molecule has 0 fully saturated rings. The van der Waals surface area contributed by atoms with Crippen LogP contribution in [0.2, 0.25) is 0 Å². The van der Waals surface area contributed by atoms with Gasteiger partial charge in [-0.2, -0.15) is 13.2 Å². The highest BCUT2D eigenvalue weighted by Gasteiger charge is 2.30. The zero-order valence-electron chi connectivity index (χ0n) is 9.29. The Kier molecular flexibility index (Phi) is 4.15. The molecule has 0 spiro atoms. The lowest BCUT2D eigenvalue weighted by atomic mass is 9.96. The largest absolute Gasteiger partial charge is 0.481 e. The van der Waals surface area contributed by atoms with Gasteiger partial charge in [-0.15, -0.1) is 0 Å². The van der Waals surface area contributed by atoms with Crippen LogP contribution in [0.15, 0.2) is 24.3 Å². The third kappa shape index (κ3) is 3.76. The molecule has 0 saturated carbocycles. The van der Waals surface area contributed by atoms with Gasteiger partial charge in [0.1, 0.15) is 0 Å². The van der Waals surface area contributed by atoms with Crippen LogP contribution in [-0.2, 0) is 17.4 Å². The molecule has 2 nitrogen and oxygen atoms in total. The molecular formula is C12H13F3O2. The van der Waals surface area contributed by atoms with Crippen molar-refractivity contribution in [2.75, 3.05) is 0 Å². The van der Waals surface area contributed by atoms with E-state index < -0.39 is 23.6 Å². The summed E-state index contributed by atoms with van der Waals surface area (Å²) in [7, 11) is 0. The van der Waals surface area contributed by atoms with Crippen molar-refractivity contribution in [2.45, 2.75) is 25.9 Å². The Morgan fingerprint density at radius 1 is 1.41 bits per heavy atom. The minimum absolute atomic E-state index is 0.121. The first-order valence-electron chi connectivity index (χ1n) is 5.23. The SMILES string of the molecule is CCC(Cc1cccc(C(F)(F)F)c1)C(=O)O. The van der Waals surface area contributed by atoms with Crippen molar-refractivity contribution >= 4 is 5.97 Å². The van der Waals surface area contributed by atoms with E-state index in [0.717, 1.165) is 12.1 Å². The molecule has 0 radical (unpaired) electrons. The second-order valence-corrected chi connectivity index (χ2v) is 3.85. The number of benzene rings is 1. The molecule has 1 aromatic carbocycles. The van der Waals surface area contributed by atoms with Crippen LogP contribution in [0, 0.1) is 5.92 Å². The Labute approximate surface area is 97.1 Å². The van der Waals surface area contributed by atoms with Crippen molar-refractivity contribution in [3.63, 3.8) is 0 Å². The maximum atomic E-state index is 12.4. The van der Waals surface area contributed by atoms with Gasteiger partial charge in [0.25, 0.3) is 0 Å². The van der Waals surface area contributed by atoms with E-state index in [1.165, 1.54) is 12.1 Å². The number of rotatable bonds is 4. The van der Waals surface area contributed by atoms with E-state index in [4.69, 9.17) is 5.11 Å². The second-order valence-electron chi connectivity index (χ2n) is 3.85. The number of carboxylic acid groups (broad SMARTS) is 1. The summed E-state index contributed by atoms with van der Waals surface area (Å²) in [5, 5.41) is 8.84. The number of hydrogen-bond donors (Lipinski definition) is 1. The molecule has 0 aliphatic rings. The van der Waals surface area contributed by atoms with Gasteiger partial charge in [-0.1, -0.05) is 25.1 Å². The highest BCUT2D eigenvalue weighted by molar-refractivity contribution is 5.70. The highest BCUT2D eigenvalue weighted by Crippen LogP contribution is 2.30. The predicted molar refractivity (Wildman–Crippen MR) is 56.6 cm³/mol. The van der Waals surface area contributed by atoms with Gasteiger partial charge in [0, 0.05) is 0 Å². The molecular weight excluding hydrogens is 233 g/mol. The number of alkyl halides is 3. The topological polar surface area (TPSA) is 37.3 Å². The first-order valence-corrected chi connectivity index (χ1v) is 5.23. The number of hydrogen-bond acceptors (Lipinski definition) is 1. The van der Waals surface area contributed by atoms with E-state index in [1.54, 1.807) is 6.92 Å². The molecule has 1 rings (SSSR count). The third-order valence-electron chi connectivity index (χ3n) is 2.58. The number of aliphatic carboxylic acids is 1. The zero-order chi connectivity index (χ0) is 13.1. The molecule has 17 heavy (non-hydrogen) atoms. The molecule has 1 N–H and O–H groups in total. The summed E-state index contributed by atoms with van der Waals surface area (Å²) >= 11 is 0. The van der Waals surface area contributed by atoms with E-state index in [-0.39, 0.29) is 6.42 Å². The van der Waals surface area contributed by atoms with Crippen LogP contribution in [0.25, 0.3) is 0 Å². The molecule has 0 aliphatic carbocycles. The summed E-state index contributed by atoms with van der Waals surface area (Å²) in [5.74, 6) is -1.62. The monoisotopic (exact) mass is 246 g/mol.